The first-order valence-electron chi connectivity index (χ1n) is 5.58. The Morgan fingerprint density at radius 3 is 2.45 bits per heavy atom. The number of hydrogen-bond donors (Lipinski definition) is 2. The van der Waals surface area contributed by atoms with E-state index in [0.717, 1.165) is 6.07 Å². The van der Waals surface area contributed by atoms with E-state index in [-0.39, 0.29) is 16.8 Å². The molecule has 0 saturated carbocycles. The normalized spacial score (nSPS) is 10.1. The van der Waals surface area contributed by atoms with Crippen LogP contribution >= 0.6 is 15.9 Å². The molecule has 0 saturated heterocycles. The van der Waals surface area contributed by atoms with Gasteiger partial charge in [0.15, 0.2) is 0 Å². The number of benzene rings is 2. The summed E-state index contributed by atoms with van der Waals surface area (Å²) in [5, 5.41) is 11.4. The number of para-hydroxylation sites is 1. The maximum atomic E-state index is 13.7. The summed E-state index contributed by atoms with van der Waals surface area (Å²) in [6, 6.07) is 9.94. The van der Waals surface area contributed by atoms with Gasteiger partial charge in [0.2, 0.25) is 0 Å². The fourth-order valence-corrected chi connectivity index (χ4v) is 1.98. The molecular weight excluding hydrogens is 329 g/mol. The van der Waals surface area contributed by atoms with Crippen molar-refractivity contribution in [3.8, 4) is 0 Å². The molecule has 0 aromatic heterocycles. The number of aromatic carboxylic acids is 1. The molecule has 2 aromatic rings. The molecule has 0 heterocycles. The zero-order chi connectivity index (χ0) is 14.7. The molecule has 20 heavy (non-hydrogen) atoms. The van der Waals surface area contributed by atoms with Gasteiger partial charge in [-0.15, -0.1) is 0 Å². The molecule has 4 nitrogen and oxygen atoms in total. The first-order valence-corrected chi connectivity index (χ1v) is 6.37. The van der Waals surface area contributed by atoms with E-state index in [1.807, 2.05) is 0 Å². The number of carboxylic acids is 1. The maximum absolute atomic E-state index is 13.7. The van der Waals surface area contributed by atoms with Crippen LogP contribution in [-0.2, 0) is 0 Å². The van der Waals surface area contributed by atoms with Crippen LogP contribution in [0.3, 0.4) is 0 Å². The van der Waals surface area contributed by atoms with E-state index < -0.39 is 17.7 Å². The highest BCUT2D eigenvalue weighted by Crippen LogP contribution is 2.19. The van der Waals surface area contributed by atoms with Crippen molar-refractivity contribution in [1.29, 1.82) is 0 Å². The van der Waals surface area contributed by atoms with Gasteiger partial charge < -0.3 is 10.4 Å². The van der Waals surface area contributed by atoms with E-state index in [0.29, 0.717) is 4.47 Å². The number of nitrogens with one attached hydrogen (secondary N) is 1. The topological polar surface area (TPSA) is 66.4 Å². The Hall–Kier alpha value is -2.21. The minimum Gasteiger partial charge on any atom is -0.478 e. The third kappa shape index (κ3) is 3.03. The number of carbonyl (C=O) groups is 2. The second-order valence-electron chi connectivity index (χ2n) is 3.93. The predicted octanol–water partition coefficient (Wildman–Crippen LogP) is 3.54. The molecule has 2 N–H and O–H groups in total. The average molecular weight is 338 g/mol. The first kappa shape index (κ1) is 14.2. The second-order valence-corrected chi connectivity index (χ2v) is 4.84. The number of halogens is 2. The Balaban J connectivity index is 2.30. The Labute approximate surface area is 122 Å². The molecule has 0 fully saturated rings. The molecule has 0 unspecified atom stereocenters. The first-order chi connectivity index (χ1) is 9.49. The summed E-state index contributed by atoms with van der Waals surface area (Å²) in [6.45, 7) is 0. The van der Waals surface area contributed by atoms with E-state index in [1.54, 1.807) is 12.1 Å². The van der Waals surface area contributed by atoms with Gasteiger partial charge in [-0.2, -0.15) is 0 Å². The number of carboxylic acid groups (broad SMARTS) is 1. The van der Waals surface area contributed by atoms with Gasteiger partial charge in [0.1, 0.15) is 5.82 Å². The lowest BCUT2D eigenvalue weighted by atomic mass is 10.1. The molecule has 0 radical (unpaired) electrons. The Bertz CT molecular complexity index is 688. The summed E-state index contributed by atoms with van der Waals surface area (Å²) in [4.78, 5) is 23.0. The van der Waals surface area contributed by atoms with Gasteiger partial charge in [0, 0.05) is 4.47 Å². The van der Waals surface area contributed by atoms with Crippen molar-refractivity contribution < 1.29 is 19.1 Å². The molecule has 102 valence electrons. The van der Waals surface area contributed by atoms with Crippen molar-refractivity contribution in [3.63, 3.8) is 0 Å². The van der Waals surface area contributed by atoms with Crippen molar-refractivity contribution in [2.24, 2.45) is 0 Å². The van der Waals surface area contributed by atoms with Crippen LogP contribution in [0.2, 0.25) is 0 Å². The van der Waals surface area contributed by atoms with E-state index in [1.165, 1.54) is 24.3 Å². The Morgan fingerprint density at radius 2 is 1.80 bits per heavy atom. The van der Waals surface area contributed by atoms with Crippen LogP contribution < -0.4 is 5.32 Å². The van der Waals surface area contributed by atoms with Gasteiger partial charge in [-0.3, -0.25) is 4.79 Å². The number of anilines is 1. The summed E-state index contributed by atoms with van der Waals surface area (Å²) in [7, 11) is 0. The highest BCUT2D eigenvalue weighted by atomic mass is 79.9. The largest absolute Gasteiger partial charge is 0.478 e. The standard InChI is InChI=1S/C14H9BrFNO3/c15-8-5-6-9(11(16)7-8)13(18)17-12-4-2-1-3-10(12)14(19)20/h1-7H,(H,17,18)(H,19,20). The minimum atomic E-state index is -1.17. The van der Waals surface area contributed by atoms with Crippen LogP contribution in [0.5, 0.6) is 0 Å². The SMILES string of the molecule is O=C(Nc1ccccc1C(=O)O)c1ccc(Br)cc1F. The van der Waals surface area contributed by atoms with Gasteiger partial charge in [0.25, 0.3) is 5.91 Å². The summed E-state index contributed by atoms with van der Waals surface area (Å²) in [6.07, 6.45) is 0. The molecule has 0 bridgehead atoms. The van der Waals surface area contributed by atoms with Crippen LogP contribution in [0, 0.1) is 5.82 Å². The van der Waals surface area contributed by atoms with Gasteiger partial charge in [-0.25, -0.2) is 9.18 Å². The van der Waals surface area contributed by atoms with Crippen molar-refractivity contribution in [2.45, 2.75) is 0 Å². The summed E-state index contributed by atoms with van der Waals surface area (Å²) in [5.74, 6) is -2.56. The van der Waals surface area contributed by atoms with Crippen LogP contribution in [0.1, 0.15) is 20.7 Å². The maximum Gasteiger partial charge on any atom is 0.337 e. The average Bonchev–Trinajstić information content (AvgIpc) is 2.38. The smallest absolute Gasteiger partial charge is 0.337 e. The second kappa shape index (κ2) is 5.83. The molecule has 0 aliphatic heterocycles. The van der Waals surface area contributed by atoms with E-state index >= 15 is 0 Å². The third-order valence-corrected chi connectivity index (χ3v) is 3.07. The van der Waals surface area contributed by atoms with Crippen LogP contribution in [-0.4, -0.2) is 17.0 Å². The lowest BCUT2D eigenvalue weighted by molar-refractivity contribution is 0.0698. The highest BCUT2D eigenvalue weighted by Gasteiger charge is 2.15. The molecule has 1 amide bonds. The fraction of sp³-hybridized carbons (Fsp3) is 0. The van der Waals surface area contributed by atoms with Crippen molar-refractivity contribution in [3.05, 3.63) is 63.9 Å². The monoisotopic (exact) mass is 337 g/mol. The number of amides is 1. The Kier molecular flexibility index (Phi) is 4.14. The molecule has 6 heteroatoms. The lowest BCUT2D eigenvalue weighted by Crippen LogP contribution is -2.16. The molecule has 0 aliphatic rings. The van der Waals surface area contributed by atoms with E-state index in [4.69, 9.17) is 5.11 Å². The molecule has 2 rings (SSSR count). The van der Waals surface area contributed by atoms with Crippen molar-refractivity contribution in [1.82, 2.24) is 0 Å². The van der Waals surface area contributed by atoms with Crippen LogP contribution in [0.25, 0.3) is 0 Å². The summed E-state index contributed by atoms with van der Waals surface area (Å²) < 4.78 is 14.2. The highest BCUT2D eigenvalue weighted by molar-refractivity contribution is 9.10. The fourth-order valence-electron chi connectivity index (χ4n) is 1.64. The van der Waals surface area contributed by atoms with E-state index in [9.17, 15) is 14.0 Å². The summed E-state index contributed by atoms with van der Waals surface area (Å²) >= 11 is 3.09. The van der Waals surface area contributed by atoms with Crippen molar-refractivity contribution >= 4 is 33.5 Å². The molecule has 0 spiro atoms. The summed E-state index contributed by atoms with van der Waals surface area (Å²) in [5.41, 5.74) is -0.0981. The minimum absolute atomic E-state index is 0.0571. The predicted molar refractivity (Wildman–Crippen MR) is 75.5 cm³/mol. The molecule has 2 aromatic carbocycles. The number of hydrogen-bond acceptors (Lipinski definition) is 2. The van der Waals surface area contributed by atoms with E-state index in [2.05, 4.69) is 21.2 Å². The third-order valence-electron chi connectivity index (χ3n) is 2.58. The van der Waals surface area contributed by atoms with Crippen molar-refractivity contribution in [2.75, 3.05) is 5.32 Å². The zero-order valence-electron chi connectivity index (χ0n) is 10.1. The van der Waals surface area contributed by atoms with Gasteiger partial charge in [0.05, 0.1) is 16.8 Å². The molecule has 0 atom stereocenters. The number of carbonyl (C=O) groups excluding carboxylic acids is 1. The molecular formula is C14H9BrFNO3. The number of rotatable bonds is 3. The quantitative estimate of drug-likeness (QED) is 0.900. The Morgan fingerprint density at radius 1 is 1.10 bits per heavy atom. The van der Waals surface area contributed by atoms with Gasteiger partial charge in [-0.1, -0.05) is 28.1 Å². The zero-order valence-corrected chi connectivity index (χ0v) is 11.6. The van der Waals surface area contributed by atoms with Gasteiger partial charge >= 0.3 is 5.97 Å². The molecule has 0 aliphatic carbocycles. The van der Waals surface area contributed by atoms with Crippen LogP contribution in [0.15, 0.2) is 46.9 Å². The van der Waals surface area contributed by atoms with Crippen LogP contribution in [0.4, 0.5) is 10.1 Å². The van der Waals surface area contributed by atoms with Gasteiger partial charge in [-0.05, 0) is 30.3 Å². The lowest BCUT2D eigenvalue weighted by Gasteiger charge is -2.09.